The zero-order valence-electron chi connectivity index (χ0n) is 15.5. The monoisotopic (exact) mass is 442 g/mol. The van der Waals surface area contributed by atoms with E-state index in [9.17, 15) is 27.5 Å². The molecule has 2 unspecified atom stereocenters. The van der Waals surface area contributed by atoms with Gasteiger partial charge in [0.15, 0.2) is 5.60 Å². The second-order valence-corrected chi connectivity index (χ2v) is 7.91. The number of benzene rings is 1. The number of pyridine rings is 2. The standard InChI is InChI=1S/C20H15ClF4N2O3/c1-18(13-6-11(22)2-3-16(13)30-18)9-19(29,20(23,24)25)10-27-8-14(21)17(28)12-7-26-5-4-15(12)27/h2-8,29H,9-10H2,1H3. The number of alkyl halides is 3. The van der Waals surface area contributed by atoms with Crippen molar-refractivity contribution in [2.75, 3.05) is 0 Å². The molecule has 1 aliphatic rings. The largest absolute Gasteiger partial charge is 0.482 e. The van der Waals surface area contributed by atoms with E-state index in [1.54, 1.807) is 0 Å². The molecular formula is C20H15ClF4N2O3. The maximum atomic E-state index is 14.0. The molecule has 0 radical (unpaired) electrons. The van der Waals surface area contributed by atoms with Crippen molar-refractivity contribution in [3.05, 3.63) is 69.5 Å². The molecule has 10 heteroatoms. The van der Waals surface area contributed by atoms with Gasteiger partial charge in [-0.25, -0.2) is 4.39 Å². The fourth-order valence-electron chi connectivity index (χ4n) is 3.81. The molecule has 4 rings (SSSR count). The van der Waals surface area contributed by atoms with Crippen LogP contribution >= 0.6 is 11.6 Å². The molecule has 2 atom stereocenters. The van der Waals surface area contributed by atoms with Gasteiger partial charge in [-0.05, 0) is 31.2 Å². The predicted octanol–water partition coefficient (Wildman–Crippen LogP) is 4.18. The smallest absolute Gasteiger partial charge is 0.419 e. The van der Waals surface area contributed by atoms with E-state index in [2.05, 4.69) is 4.98 Å². The van der Waals surface area contributed by atoms with Crippen LogP contribution in [0.5, 0.6) is 5.75 Å². The minimum Gasteiger partial charge on any atom is -0.482 e. The number of fused-ring (bicyclic) bond motifs is 2. The Morgan fingerprint density at radius 3 is 2.73 bits per heavy atom. The first-order chi connectivity index (χ1) is 13.9. The third-order valence-electron chi connectivity index (χ3n) is 5.27. The van der Waals surface area contributed by atoms with Crippen molar-refractivity contribution >= 4 is 22.5 Å². The summed E-state index contributed by atoms with van der Waals surface area (Å²) in [6.45, 7) is 0.395. The van der Waals surface area contributed by atoms with Crippen LogP contribution < -0.4 is 10.2 Å². The van der Waals surface area contributed by atoms with Crippen LogP contribution in [0.15, 0.2) is 47.7 Å². The first-order valence-corrected chi connectivity index (χ1v) is 9.22. The lowest BCUT2D eigenvalue weighted by Gasteiger charge is -2.46. The number of hydrogen-bond acceptors (Lipinski definition) is 4. The highest BCUT2D eigenvalue weighted by Gasteiger charge is 2.60. The van der Waals surface area contributed by atoms with Crippen molar-refractivity contribution in [2.45, 2.75) is 37.3 Å². The third-order valence-corrected chi connectivity index (χ3v) is 5.54. The van der Waals surface area contributed by atoms with E-state index in [0.717, 1.165) is 22.9 Å². The zero-order chi connectivity index (χ0) is 21.9. The Morgan fingerprint density at radius 2 is 2.03 bits per heavy atom. The first-order valence-electron chi connectivity index (χ1n) is 8.84. The summed E-state index contributed by atoms with van der Waals surface area (Å²) in [5, 5.41) is 10.5. The number of aliphatic hydroxyl groups is 1. The summed E-state index contributed by atoms with van der Waals surface area (Å²) in [6.07, 6.45) is -2.40. The van der Waals surface area contributed by atoms with Crippen LogP contribution in [0.1, 0.15) is 18.9 Å². The summed E-state index contributed by atoms with van der Waals surface area (Å²) in [6, 6.07) is 4.90. The normalized spacial score (nSPS) is 20.2. The summed E-state index contributed by atoms with van der Waals surface area (Å²) in [5.41, 5.74) is -5.03. The molecule has 1 aliphatic heterocycles. The summed E-state index contributed by atoms with van der Waals surface area (Å²) in [7, 11) is 0. The summed E-state index contributed by atoms with van der Waals surface area (Å²) in [5.74, 6) is -0.365. The fourth-order valence-corrected chi connectivity index (χ4v) is 4.03. The minimum absolute atomic E-state index is 0.0213. The van der Waals surface area contributed by atoms with Gasteiger partial charge in [0.25, 0.3) is 0 Å². The number of nitrogens with zero attached hydrogens (tertiary/aromatic N) is 2. The highest BCUT2D eigenvalue weighted by Crippen LogP contribution is 2.51. The van der Waals surface area contributed by atoms with Crippen molar-refractivity contribution in [2.24, 2.45) is 0 Å². The van der Waals surface area contributed by atoms with E-state index in [1.807, 2.05) is 0 Å². The lowest BCUT2D eigenvalue weighted by Crippen LogP contribution is -2.55. The fraction of sp³-hybridized carbons (Fsp3) is 0.300. The second kappa shape index (κ2) is 6.68. The van der Waals surface area contributed by atoms with Gasteiger partial charge in [0, 0.05) is 30.6 Å². The molecule has 0 spiro atoms. The lowest BCUT2D eigenvalue weighted by atomic mass is 9.79. The molecule has 158 valence electrons. The average Bonchev–Trinajstić information content (AvgIpc) is 2.66. The van der Waals surface area contributed by atoms with Gasteiger partial charge in [-0.1, -0.05) is 11.6 Å². The van der Waals surface area contributed by atoms with Gasteiger partial charge in [-0.2, -0.15) is 13.2 Å². The summed E-state index contributed by atoms with van der Waals surface area (Å²) in [4.78, 5) is 16.0. The molecule has 1 aromatic carbocycles. The van der Waals surface area contributed by atoms with Gasteiger partial charge >= 0.3 is 6.18 Å². The molecule has 1 N–H and O–H groups in total. The molecule has 0 bridgehead atoms. The number of aromatic nitrogens is 2. The van der Waals surface area contributed by atoms with Gasteiger partial charge in [-0.15, -0.1) is 0 Å². The van der Waals surface area contributed by atoms with E-state index in [4.69, 9.17) is 16.3 Å². The molecule has 0 fully saturated rings. The van der Waals surface area contributed by atoms with Crippen LogP contribution in [0, 0.1) is 5.82 Å². The van der Waals surface area contributed by atoms with E-state index >= 15 is 0 Å². The molecule has 0 aliphatic carbocycles. The topological polar surface area (TPSA) is 64.4 Å². The van der Waals surface area contributed by atoms with Crippen LogP contribution in [-0.4, -0.2) is 26.4 Å². The Bertz CT molecular complexity index is 1210. The molecule has 0 saturated carbocycles. The molecule has 2 aromatic heterocycles. The van der Waals surface area contributed by atoms with Crippen molar-refractivity contribution in [1.29, 1.82) is 0 Å². The van der Waals surface area contributed by atoms with Crippen molar-refractivity contribution in [3.8, 4) is 5.75 Å². The van der Waals surface area contributed by atoms with Crippen LogP contribution in [-0.2, 0) is 12.1 Å². The number of halogens is 5. The second-order valence-electron chi connectivity index (χ2n) is 7.51. The number of rotatable bonds is 4. The summed E-state index contributed by atoms with van der Waals surface area (Å²) >= 11 is 5.90. The quantitative estimate of drug-likeness (QED) is 0.616. The van der Waals surface area contributed by atoms with Crippen LogP contribution in [0.25, 0.3) is 10.9 Å². The Hall–Kier alpha value is -2.65. The Labute approximate surface area is 172 Å². The molecular weight excluding hydrogens is 428 g/mol. The molecule has 3 aromatic rings. The van der Waals surface area contributed by atoms with Crippen molar-refractivity contribution in [3.63, 3.8) is 0 Å². The number of ether oxygens (including phenoxy) is 1. The third kappa shape index (κ3) is 3.22. The molecule has 5 nitrogen and oxygen atoms in total. The Morgan fingerprint density at radius 1 is 1.30 bits per heavy atom. The molecule has 30 heavy (non-hydrogen) atoms. The van der Waals surface area contributed by atoms with Crippen LogP contribution in [0.4, 0.5) is 17.6 Å². The number of hydrogen-bond donors (Lipinski definition) is 1. The predicted molar refractivity (Wildman–Crippen MR) is 101 cm³/mol. The Kier molecular flexibility index (Phi) is 4.59. The zero-order valence-corrected chi connectivity index (χ0v) is 16.3. The van der Waals surface area contributed by atoms with Crippen molar-refractivity contribution < 1.29 is 27.4 Å². The van der Waals surface area contributed by atoms with E-state index in [-0.39, 0.29) is 27.2 Å². The molecule has 0 amide bonds. The van der Waals surface area contributed by atoms with E-state index in [0.29, 0.717) is 0 Å². The van der Waals surface area contributed by atoms with Gasteiger partial charge in [-0.3, -0.25) is 9.78 Å². The summed E-state index contributed by atoms with van der Waals surface area (Å²) < 4.78 is 62.2. The van der Waals surface area contributed by atoms with Crippen molar-refractivity contribution in [1.82, 2.24) is 9.55 Å². The highest BCUT2D eigenvalue weighted by atomic mass is 35.5. The first kappa shape index (κ1) is 20.6. The SMILES string of the molecule is CC1(CC(O)(Cn2cc(Cl)c(=O)c3cnccc32)C(F)(F)F)Oc2ccc(F)cc21. The molecule has 3 heterocycles. The minimum atomic E-state index is -5.06. The molecule has 0 saturated heterocycles. The maximum Gasteiger partial charge on any atom is 0.419 e. The van der Waals surface area contributed by atoms with Gasteiger partial charge < -0.3 is 14.4 Å². The van der Waals surface area contributed by atoms with Gasteiger partial charge in [0.1, 0.15) is 22.2 Å². The van der Waals surface area contributed by atoms with Crippen LogP contribution in [0.2, 0.25) is 5.02 Å². The van der Waals surface area contributed by atoms with Gasteiger partial charge in [0.2, 0.25) is 5.43 Å². The van der Waals surface area contributed by atoms with Gasteiger partial charge in [0.05, 0.1) is 17.4 Å². The highest BCUT2D eigenvalue weighted by molar-refractivity contribution is 6.31. The maximum absolute atomic E-state index is 14.0. The average molecular weight is 443 g/mol. The Balaban J connectivity index is 1.78. The van der Waals surface area contributed by atoms with E-state index < -0.39 is 41.6 Å². The lowest BCUT2D eigenvalue weighted by molar-refractivity contribution is -0.280. The van der Waals surface area contributed by atoms with Crippen LogP contribution in [0.3, 0.4) is 0 Å². The van der Waals surface area contributed by atoms with E-state index in [1.165, 1.54) is 31.5 Å².